The van der Waals surface area contributed by atoms with E-state index < -0.39 is 17.9 Å². The average molecular weight is 837 g/mol. The molecule has 1 fully saturated rings. The second-order valence-corrected chi connectivity index (χ2v) is 15.1. The molecule has 62 heavy (non-hydrogen) atoms. The van der Waals surface area contributed by atoms with Crippen LogP contribution in [-0.4, -0.2) is 56.4 Å². The molecule has 0 spiro atoms. The van der Waals surface area contributed by atoms with Crippen molar-refractivity contribution < 1.29 is 52.3 Å². The van der Waals surface area contributed by atoms with Crippen LogP contribution in [0.5, 0.6) is 28.7 Å². The van der Waals surface area contributed by atoms with Gasteiger partial charge in [0.15, 0.2) is 0 Å². The van der Waals surface area contributed by atoms with Crippen molar-refractivity contribution in [2.75, 3.05) is 26.4 Å². The van der Waals surface area contributed by atoms with Gasteiger partial charge in [-0.2, -0.15) is 0 Å². The van der Waals surface area contributed by atoms with Crippen LogP contribution in [0.2, 0.25) is 0 Å². The van der Waals surface area contributed by atoms with E-state index in [0.717, 1.165) is 65.0 Å². The summed E-state index contributed by atoms with van der Waals surface area (Å²) in [5.74, 6) is 0.564. The van der Waals surface area contributed by atoms with Crippen LogP contribution in [0.3, 0.4) is 0 Å². The van der Waals surface area contributed by atoms with E-state index in [2.05, 4.69) is 6.58 Å². The topological polar surface area (TPSA) is 136 Å². The Balaban J connectivity index is 0.906. The Morgan fingerprint density at radius 1 is 0.581 bits per heavy atom. The highest BCUT2D eigenvalue weighted by atomic mass is 16.6. The number of hydrogen-bond acceptors (Lipinski definition) is 11. The minimum Gasteiger partial charge on any atom is -0.494 e. The maximum Gasteiger partial charge on any atom is 0.343 e. The molecule has 6 aromatic rings. The summed E-state index contributed by atoms with van der Waals surface area (Å²) in [5.41, 5.74) is 2.26. The molecule has 1 unspecified atom stereocenters. The van der Waals surface area contributed by atoms with Gasteiger partial charge in [0.05, 0.1) is 36.5 Å². The van der Waals surface area contributed by atoms with E-state index in [1.807, 2.05) is 31.2 Å². The fourth-order valence-electron chi connectivity index (χ4n) is 6.61. The lowest BCUT2D eigenvalue weighted by Gasteiger charge is -2.13. The Labute approximate surface area is 360 Å². The maximum atomic E-state index is 13.4. The van der Waals surface area contributed by atoms with E-state index in [9.17, 15) is 19.2 Å². The number of epoxide rings is 1. The Kier molecular flexibility index (Phi) is 14.3. The van der Waals surface area contributed by atoms with Crippen LogP contribution in [-0.2, 0) is 20.7 Å². The monoisotopic (exact) mass is 836 g/mol. The van der Waals surface area contributed by atoms with Crippen molar-refractivity contribution in [1.29, 1.82) is 0 Å². The molecule has 0 amide bonds. The van der Waals surface area contributed by atoms with E-state index >= 15 is 0 Å². The van der Waals surface area contributed by atoms with Crippen LogP contribution in [0, 0.1) is 0 Å². The summed E-state index contributed by atoms with van der Waals surface area (Å²) in [6.45, 7) is 9.37. The standard InChI is InChI=1S/C51H48O11/c1-4-9-39-30-45(61-50(54)40-12-10-37-28-43(20-16-35(37)26-40)56-24-7-5-6-8-25-57-48(52)33(2)3)22-23-47(39)62-51(55)41-13-11-38-29-44(21-17-36(38)27-41)60-49(53)34-14-18-42(19-15-34)58-31-46-32-59-46/h10-23,26-30,46H,2,4-9,24-25,31-32H2,1,3H3. The van der Waals surface area contributed by atoms with Gasteiger partial charge >= 0.3 is 23.9 Å². The zero-order valence-electron chi connectivity index (χ0n) is 34.8. The predicted octanol–water partition coefficient (Wildman–Crippen LogP) is 10.4. The summed E-state index contributed by atoms with van der Waals surface area (Å²) >= 11 is 0. The van der Waals surface area contributed by atoms with E-state index in [4.69, 9.17) is 33.2 Å². The van der Waals surface area contributed by atoms with Crippen LogP contribution in [0.15, 0.2) is 127 Å². The van der Waals surface area contributed by atoms with Crippen LogP contribution in [0.25, 0.3) is 21.5 Å². The Morgan fingerprint density at radius 2 is 1.10 bits per heavy atom. The fourth-order valence-corrected chi connectivity index (χ4v) is 6.61. The normalized spacial score (nSPS) is 13.0. The van der Waals surface area contributed by atoms with Gasteiger partial charge in [-0.25, -0.2) is 19.2 Å². The van der Waals surface area contributed by atoms with E-state index in [1.54, 1.807) is 97.9 Å². The summed E-state index contributed by atoms with van der Waals surface area (Å²) in [5, 5.41) is 3.33. The average Bonchev–Trinajstić information content (AvgIpc) is 4.12. The molecule has 1 atom stereocenters. The third kappa shape index (κ3) is 11.9. The zero-order chi connectivity index (χ0) is 43.4. The smallest absolute Gasteiger partial charge is 0.343 e. The Hall–Kier alpha value is -6.98. The van der Waals surface area contributed by atoms with Gasteiger partial charge in [0.25, 0.3) is 0 Å². The largest absolute Gasteiger partial charge is 0.494 e. The van der Waals surface area contributed by atoms with Crippen molar-refractivity contribution in [3.63, 3.8) is 0 Å². The molecule has 1 aliphatic heterocycles. The molecule has 7 rings (SSSR count). The number of carbonyl (C=O) groups is 4. The molecule has 318 valence electrons. The first-order valence-corrected chi connectivity index (χ1v) is 20.8. The number of rotatable bonds is 20. The van der Waals surface area contributed by atoms with E-state index in [0.29, 0.717) is 78.1 Å². The molecule has 0 bridgehead atoms. The number of unbranched alkanes of at least 4 members (excludes halogenated alkanes) is 3. The van der Waals surface area contributed by atoms with Crippen LogP contribution in [0.1, 0.15) is 82.6 Å². The van der Waals surface area contributed by atoms with Gasteiger partial charge in [-0.3, -0.25) is 0 Å². The van der Waals surface area contributed by atoms with Crippen molar-refractivity contribution in [2.45, 2.75) is 58.5 Å². The summed E-state index contributed by atoms with van der Waals surface area (Å²) in [6, 6.07) is 33.2. The van der Waals surface area contributed by atoms with Gasteiger partial charge in [0.2, 0.25) is 0 Å². The van der Waals surface area contributed by atoms with Crippen molar-refractivity contribution >= 4 is 45.4 Å². The summed E-state index contributed by atoms with van der Waals surface area (Å²) < 4.78 is 39.1. The quantitative estimate of drug-likeness (QED) is 0.0239. The highest BCUT2D eigenvalue weighted by Gasteiger charge is 2.23. The SMILES string of the molecule is C=C(C)C(=O)OCCCCCCOc1ccc2cc(C(=O)Oc3ccc(OC(=O)c4ccc5cc(OC(=O)c6ccc(OCC7CO7)cc6)ccc5c4)c(CCC)c3)ccc2c1. The molecule has 1 heterocycles. The summed E-state index contributed by atoms with van der Waals surface area (Å²) in [6.07, 6.45) is 5.07. The Bertz CT molecular complexity index is 2590. The molecular weight excluding hydrogens is 789 g/mol. The Morgan fingerprint density at radius 3 is 1.74 bits per heavy atom. The zero-order valence-corrected chi connectivity index (χ0v) is 34.8. The molecule has 11 nitrogen and oxygen atoms in total. The summed E-state index contributed by atoms with van der Waals surface area (Å²) in [7, 11) is 0. The number of fused-ring (bicyclic) bond motifs is 2. The van der Waals surface area contributed by atoms with Crippen molar-refractivity contribution in [3.8, 4) is 28.7 Å². The van der Waals surface area contributed by atoms with E-state index in [1.165, 1.54) is 0 Å². The second kappa shape index (κ2) is 20.5. The van der Waals surface area contributed by atoms with Gasteiger partial charge in [0, 0.05) is 5.57 Å². The molecule has 0 aliphatic carbocycles. The molecule has 1 aliphatic rings. The van der Waals surface area contributed by atoms with Gasteiger partial charge in [-0.05, 0) is 157 Å². The van der Waals surface area contributed by atoms with Crippen molar-refractivity contribution in [3.05, 3.63) is 150 Å². The number of hydrogen-bond donors (Lipinski definition) is 0. The number of esters is 4. The molecule has 0 saturated carbocycles. The van der Waals surface area contributed by atoms with Gasteiger partial charge in [-0.1, -0.05) is 44.2 Å². The fraction of sp³-hybridized carbons (Fsp3) is 0.255. The van der Waals surface area contributed by atoms with Crippen molar-refractivity contribution in [1.82, 2.24) is 0 Å². The first-order chi connectivity index (χ1) is 30.1. The first kappa shape index (κ1) is 43.1. The third-order valence-corrected chi connectivity index (χ3v) is 10.1. The molecule has 0 aromatic heterocycles. The van der Waals surface area contributed by atoms with Crippen molar-refractivity contribution in [2.24, 2.45) is 0 Å². The third-order valence-electron chi connectivity index (χ3n) is 10.1. The minimum absolute atomic E-state index is 0.141. The summed E-state index contributed by atoms with van der Waals surface area (Å²) in [4.78, 5) is 50.9. The molecule has 11 heteroatoms. The molecule has 0 N–H and O–H groups in total. The predicted molar refractivity (Wildman–Crippen MR) is 235 cm³/mol. The number of carbonyl (C=O) groups excluding carboxylic acids is 4. The minimum atomic E-state index is -0.540. The lowest BCUT2D eigenvalue weighted by atomic mass is 10.1. The van der Waals surface area contributed by atoms with Crippen LogP contribution in [0.4, 0.5) is 0 Å². The van der Waals surface area contributed by atoms with Gasteiger partial charge < -0.3 is 33.2 Å². The highest BCUT2D eigenvalue weighted by molar-refractivity contribution is 5.98. The molecule has 1 saturated heterocycles. The molecular formula is C51H48O11. The molecule has 6 aromatic carbocycles. The van der Waals surface area contributed by atoms with Crippen LogP contribution >= 0.6 is 0 Å². The molecule has 0 radical (unpaired) electrons. The van der Waals surface area contributed by atoms with Gasteiger partial charge in [-0.15, -0.1) is 0 Å². The lowest BCUT2D eigenvalue weighted by molar-refractivity contribution is -0.139. The number of aryl methyl sites for hydroxylation is 1. The van der Waals surface area contributed by atoms with E-state index in [-0.39, 0.29) is 12.1 Å². The number of ether oxygens (including phenoxy) is 7. The maximum absolute atomic E-state index is 13.4. The van der Waals surface area contributed by atoms with Crippen LogP contribution < -0.4 is 23.7 Å². The highest BCUT2D eigenvalue weighted by Crippen LogP contribution is 2.30. The number of benzene rings is 6. The lowest BCUT2D eigenvalue weighted by Crippen LogP contribution is -2.11. The van der Waals surface area contributed by atoms with Gasteiger partial charge in [0.1, 0.15) is 41.5 Å². The second-order valence-electron chi connectivity index (χ2n) is 15.1. The first-order valence-electron chi connectivity index (χ1n) is 20.8.